The number of rotatable bonds is 3. The van der Waals surface area contributed by atoms with Gasteiger partial charge in [0.2, 0.25) is 5.91 Å². The molecule has 1 heterocycles. The summed E-state index contributed by atoms with van der Waals surface area (Å²) in [5, 5.41) is 4.29. The lowest BCUT2D eigenvalue weighted by molar-refractivity contribution is -0.147. The summed E-state index contributed by atoms with van der Waals surface area (Å²) in [6.07, 6.45) is 8.93. The zero-order valence-corrected chi connectivity index (χ0v) is 18.1. The zero-order chi connectivity index (χ0) is 20.2. The van der Waals surface area contributed by atoms with Crippen molar-refractivity contribution in [1.82, 2.24) is 10.2 Å². The number of piperidine rings is 1. The maximum absolute atomic E-state index is 13.3. The van der Waals surface area contributed by atoms with Crippen LogP contribution < -0.4 is 5.32 Å². The molecule has 2 amide bonds. The van der Waals surface area contributed by atoms with Gasteiger partial charge >= 0.3 is 0 Å². The summed E-state index contributed by atoms with van der Waals surface area (Å²) in [5.41, 5.74) is 0.394. The first-order valence-corrected chi connectivity index (χ1v) is 11.7. The molecule has 29 heavy (non-hydrogen) atoms. The van der Waals surface area contributed by atoms with Gasteiger partial charge in [0.05, 0.1) is 10.6 Å². The molecule has 156 valence electrons. The van der Waals surface area contributed by atoms with Crippen LogP contribution in [-0.4, -0.2) is 35.8 Å². The van der Waals surface area contributed by atoms with Crippen molar-refractivity contribution in [3.63, 3.8) is 0 Å². The third kappa shape index (κ3) is 3.67. The fraction of sp³-hybridized carbons (Fsp3) is 0.652. The van der Waals surface area contributed by atoms with Gasteiger partial charge in [0.15, 0.2) is 0 Å². The van der Waals surface area contributed by atoms with E-state index in [-0.39, 0.29) is 17.4 Å². The Bertz CT molecular complexity index is 797. The van der Waals surface area contributed by atoms with E-state index in [0.29, 0.717) is 34.6 Å². The summed E-state index contributed by atoms with van der Waals surface area (Å²) < 4.78 is 0. The molecule has 1 aliphatic heterocycles. The van der Waals surface area contributed by atoms with Crippen LogP contribution in [0.4, 0.5) is 0 Å². The fourth-order valence-corrected chi connectivity index (χ4v) is 7.28. The molecule has 0 radical (unpaired) electrons. The Morgan fingerprint density at radius 3 is 2.10 bits per heavy atom. The number of hydrogen-bond acceptors (Lipinski definition) is 2. The lowest BCUT2D eigenvalue weighted by atomic mass is 9.49. The highest BCUT2D eigenvalue weighted by Crippen LogP contribution is 2.60. The van der Waals surface area contributed by atoms with Crippen LogP contribution in [0, 0.1) is 23.2 Å². The number of amides is 2. The van der Waals surface area contributed by atoms with Gasteiger partial charge in [-0.05, 0) is 87.3 Å². The Morgan fingerprint density at radius 2 is 1.55 bits per heavy atom. The molecular formula is C23H28Cl2N2O2. The maximum Gasteiger partial charge on any atom is 0.255 e. The molecule has 0 spiro atoms. The van der Waals surface area contributed by atoms with Crippen LogP contribution in [0.1, 0.15) is 61.7 Å². The number of halogens is 2. The van der Waals surface area contributed by atoms with Crippen molar-refractivity contribution >= 4 is 35.0 Å². The molecule has 1 saturated heterocycles. The number of hydrogen-bond donors (Lipinski definition) is 1. The zero-order valence-electron chi connectivity index (χ0n) is 16.6. The molecule has 0 atom stereocenters. The molecule has 4 nitrogen and oxygen atoms in total. The summed E-state index contributed by atoms with van der Waals surface area (Å²) >= 11 is 12.1. The van der Waals surface area contributed by atoms with Crippen molar-refractivity contribution in [3.8, 4) is 0 Å². The molecule has 1 aromatic carbocycles. The predicted molar refractivity (Wildman–Crippen MR) is 114 cm³/mol. The van der Waals surface area contributed by atoms with Crippen LogP contribution in [0.3, 0.4) is 0 Å². The van der Waals surface area contributed by atoms with Gasteiger partial charge in [-0.1, -0.05) is 23.2 Å². The van der Waals surface area contributed by atoms with Crippen molar-refractivity contribution in [2.75, 3.05) is 13.1 Å². The van der Waals surface area contributed by atoms with E-state index in [4.69, 9.17) is 23.2 Å². The molecular weight excluding hydrogens is 407 g/mol. The first-order chi connectivity index (χ1) is 13.9. The highest BCUT2D eigenvalue weighted by atomic mass is 35.5. The molecule has 1 aromatic rings. The molecule has 0 aromatic heterocycles. The highest BCUT2D eigenvalue weighted by molar-refractivity contribution is 6.36. The molecule has 1 N–H and O–H groups in total. The van der Waals surface area contributed by atoms with E-state index < -0.39 is 0 Å². The average Bonchev–Trinajstić information content (AvgIpc) is 2.67. The molecule has 4 bridgehead atoms. The van der Waals surface area contributed by atoms with E-state index in [1.807, 2.05) is 4.90 Å². The van der Waals surface area contributed by atoms with Crippen LogP contribution in [-0.2, 0) is 4.79 Å². The van der Waals surface area contributed by atoms with Crippen LogP contribution >= 0.6 is 23.2 Å². The molecule has 5 aliphatic rings. The maximum atomic E-state index is 13.3. The van der Waals surface area contributed by atoms with Crippen LogP contribution in [0.15, 0.2) is 18.2 Å². The van der Waals surface area contributed by atoms with Gasteiger partial charge in [0.1, 0.15) is 0 Å². The van der Waals surface area contributed by atoms with E-state index in [1.54, 1.807) is 18.2 Å². The van der Waals surface area contributed by atoms with Crippen molar-refractivity contribution < 1.29 is 9.59 Å². The second kappa shape index (κ2) is 7.46. The Morgan fingerprint density at radius 1 is 0.966 bits per heavy atom. The predicted octanol–water partition coefficient (Wildman–Crippen LogP) is 4.93. The van der Waals surface area contributed by atoms with E-state index in [0.717, 1.165) is 49.9 Å². The van der Waals surface area contributed by atoms with Crippen LogP contribution in [0.2, 0.25) is 10.0 Å². The van der Waals surface area contributed by atoms with Gasteiger partial charge in [-0.2, -0.15) is 0 Å². The smallest absolute Gasteiger partial charge is 0.255 e. The Balaban J connectivity index is 1.18. The number of likely N-dealkylation sites (tertiary alicyclic amines) is 1. The number of carbonyl (C=O) groups is 2. The Kier molecular flexibility index (Phi) is 5.06. The minimum atomic E-state index is -0.0987. The summed E-state index contributed by atoms with van der Waals surface area (Å²) in [6.45, 7) is 1.28. The lowest BCUT2D eigenvalue weighted by Crippen LogP contribution is -2.56. The van der Waals surface area contributed by atoms with E-state index in [2.05, 4.69) is 5.32 Å². The molecule has 5 fully saturated rings. The standard InChI is InChI=1S/C23H28Cl2N2O2/c24-17-1-2-19(20(25)10-17)21(28)27-5-3-18(4-6-27)26-22(29)23-11-14-7-15(12-23)9-16(8-14)13-23/h1-2,10,14-16,18H,3-9,11-13H2,(H,26,29). The molecule has 4 aliphatic carbocycles. The number of nitrogens with zero attached hydrogens (tertiary/aromatic N) is 1. The van der Waals surface area contributed by atoms with E-state index in [1.165, 1.54) is 19.3 Å². The van der Waals surface area contributed by atoms with Crippen molar-refractivity contribution in [3.05, 3.63) is 33.8 Å². The summed E-state index contributed by atoms with van der Waals surface area (Å²) in [4.78, 5) is 27.9. The first kappa shape index (κ1) is 19.7. The molecule has 4 saturated carbocycles. The van der Waals surface area contributed by atoms with Crippen molar-refractivity contribution in [2.24, 2.45) is 23.2 Å². The van der Waals surface area contributed by atoms with Crippen molar-refractivity contribution in [1.29, 1.82) is 0 Å². The minimum Gasteiger partial charge on any atom is -0.353 e. The van der Waals surface area contributed by atoms with Crippen molar-refractivity contribution in [2.45, 2.75) is 57.4 Å². The SMILES string of the molecule is O=C(c1ccc(Cl)cc1Cl)N1CCC(NC(=O)C23CC4CC(CC(C4)C2)C3)CC1. The van der Waals surface area contributed by atoms with E-state index in [9.17, 15) is 9.59 Å². The van der Waals surface area contributed by atoms with Crippen LogP contribution in [0.5, 0.6) is 0 Å². The van der Waals surface area contributed by atoms with E-state index >= 15 is 0 Å². The summed E-state index contributed by atoms with van der Waals surface area (Å²) in [6, 6.07) is 5.15. The molecule has 6 heteroatoms. The second-order valence-electron chi connectivity index (χ2n) is 9.86. The Hall–Kier alpha value is -1.26. The highest BCUT2D eigenvalue weighted by Gasteiger charge is 2.54. The summed E-state index contributed by atoms with van der Waals surface area (Å²) in [7, 11) is 0. The largest absolute Gasteiger partial charge is 0.353 e. The third-order valence-electron chi connectivity index (χ3n) is 7.80. The summed E-state index contributed by atoms with van der Waals surface area (Å²) in [5.74, 6) is 2.56. The number of carbonyl (C=O) groups excluding carboxylic acids is 2. The topological polar surface area (TPSA) is 49.4 Å². The quantitative estimate of drug-likeness (QED) is 0.732. The lowest BCUT2D eigenvalue weighted by Gasteiger charge is -2.56. The second-order valence-corrected chi connectivity index (χ2v) is 10.7. The number of nitrogens with one attached hydrogen (secondary N) is 1. The van der Waals surface area contributed by atoms with Gasteiger partial charge in [0, 0.05) is 29.6 Å². The minimum absolute atomic E-state index is 0.0578. The van der Waals surface area contributed by atoms with Gasteiger partial charge < -0.3 is 10.2 Å². The monoisotopic (exact) mass is 434 g/mol. The first-order valence-electron chi connectivity index (χ1n) is 11.0. The number of benzene rings is 1. The average molecular weight is 435 g/mol. The van der Waals surface area contributed by atoms with Gasteiger partial charge in [0.25, 0.3) is 5.91 Å². The molecule has 0 unspecified atom stereocenters. The van der Waals surface area contributed by atoms with Crippen LogP contribution in [0.25, 0.3) is 0 Å². The third-order valence-corrected chi connectivity index (χ3v) is 8.35. The van der Waals surface area contributed by atoms with Gasteiger partial charge in [-0.25, -0.2) is 0 Å². The Labute approximate surface area is 182 Å². The van der Waals surface area contributed by atoms with Gasteiger partial charge in [-0.15, -0.1) is 0 Å². The fourth-order valence-electron chi connectivity index (χ4n) is 6.79. The normalized spacial score (nSPS) is 33.7. The molecule has 6 rings (SSSR count). The van der Waals surface area contributed by atoms with Gasteiger partial charge in [-0.3, -0.25) is 9.59 Å².